The minimum Gasteiger partial charge on any atom is -0.466 e. The van der Waals surface area contributed by atoms with Crippen LogP contribution in [0, 0.1) is 29.1 Å². The van der Waals surface area contributed by atoms with Gasteiger partial charge in [0.1, 0.15) is 6.04 Å². The van der Waals surface area contributed by atoms with Crippen LogP contribution < -0.4 is 5.32 Å². The lowest BCUT2D eigenvalue weighted by molar-refractivity contribution is -0.154. The molecule has 0 aromatic heterocycles. The van der Waals surface area contributed by atoms with Gasteiger partial charge in [0.25, 0.3) is 0 Å². The Labute approximate surface area is 209 Å². The summed E-state index contributed by atoms with van der Waals surface area (Å²) in [6.45, 7) is 18.3. The van der Waals surface area contributed by atoms with Crippen LogP contribution in [0.4, 0.5) is 0 Å². The fourth-order valence-corrected chi connectivity index (χ4v) is 9.41. The Bertz CT molecular complexity index is 822. The maximum atomic E-state index is 14.1. The van der Waals surface area contributed by atoms with E-state index in [2.05, 4.69) is 33.0 Å². The fourth-order valence-electron chi connectivity index (χ4n) is 7.01. The molecule has 2 bridgehead atoms. The zero-order chi connectivity index (χ0) is 25.8. The maximum absolute atomic E-state index is 14.1. The molecular weight excluding hydrogens is 452 g/mol. The second-order valence-electron chi connectivity index (χ2n) is 12.7. The van der Waals surface area contributed by atoms with Crippen molar-refractivity contribution in [3.8, 4) is 0 Å². The van der Waals surface area contributed by atoms with E-state index in [0.29, 0.717) is 0 Å². The van der Waals surface area contributed by atoms with Crippen molar-refractivity contribution in [1.82, 2.24) is 10.2 Å². The van der Waals surface area contributed by atoms with E-state index in [1.165, 1.54) is 0 Å². The third kappa shape index (κ3) is 4.49. The van der Waals surface area contributed by atoms with Gasteiger partial charge in [0.15, 0.2) is 0 Å². The third-order valence-corrected chi connectivity index (χ3v) is 9.81. The summed E-state index contributed by atoms with van der Waals surface area (Å²) in [5, 5.41) is 13.5. The normalized spacial score (nSPS) is 33.9. The van der Waals surface area contributed by atoms with E-state index < -0.39 is 34.2 Å². The van der Waals surface area contributed by atoms with Crippen LogP contribution >= 0.6 is 11.8 Å². The highest BCUT2D eigenvalue weighted by molar-refractivity contribution is 8.02. The Morgan fingerprint density at radius 3 is 2.38 bits per heavy atom. The number of hydrogen-bond acceptors (Lipinski definition) is 6. The van der Waals surface area contributed by atoms with E-state index in [1.807, 2.05) is 27.7 Å². The number of rotatable bonds is 8. The van der Waals surface area contributed by atoms with Crippen molar-refractivity contribution in [3.05, 3.63) is 0 Å². The van der Waals surface area contributed by atoms with Crippen molar-refractivity contribution in [3.63, 3.8) is 0 Å². The molecule has 7 nitrogen and oxygen atoms in total. The molecule has 194 valence electrons. The van der Waals surface area contributed by atoms with Gasteiger partial charge in [0.2, 0.25) is 11.8 Å². The van der Waals surface area contributed by atoms with Crippen LogP contribution in [0.3, 0.4) is 0 Å². The number of carbonyl (C=O) groups is 3. The van der Waals surface area contributed by atoms with Gasteiger partial charge in [-0.3, -0.25) is 14.4 Å². The smallest absolute Gasteiger partial charge is 0.310 e. The first-order valence-electron chi connectivity index (χ1n) is 12.7. The van der Waals surface area contributed by atoms with Crippen molar-refractivity contribution in [1.29, 1.82) is 0 Å². The number of likely N-dealkylation sites (tertiary alicyclic amines) is 1. The molecule has 34 heavy (non-hydrogen) atoms. The molecule has 0 aromatic rings. The molecule has 3 rings (SSSR count). The number of carbonyl (C=O) groups excluding carboxylic acids is 3. The molecule has 8 heteroatoms. The predicted molar refractivity (Wildman–Crippen MR) is 134 cm³/mol. The number of hydrogen-bond donors (Lipinski definition) is 2. The van der Waals surface area contributed by atoms with Gasteiger partial charge >= 0.3 is 5.97 Å². The summed E-state index contributed by atoms with van der Waals surface area (Å²) in [5.74, 6) is -1.84. The topological polar surface area (TPSA) is 95.9 Å². The first kappa shape index (κ1) is 27.3. The Morgan fingerprint density at radius 1 is 1.26 bits per heavy atom. The Kier molecular flexibility index (Phi) is 7.47. The lowest BCUT2D eigenvalue weighted by Crippen LogP contribution is -2.62. The van der Waals surface area contributed by atoms with E-state index in [1.54, 1.807) is 23.6 Å². The number of esters is 1. The van der Waals surface area contributed by atoms with Gasteiger partial charge in [0.05, 0.1) is 35.8 Å². The molecule has 2 amide bonds. The largest absolute Gasteiger partial charge is 0.466 e. The van der Waals surface area contributed by atoms with Crippen LogP contribution in [0.2, 0.25) is 0 Å². The van der Waals surface area contributed by atoms with Crippen molar-refractivity contribution in [2.45, 2.75) is 103 Å². The Hall–Kier alpha value is -1.28. The summed E-state index contributed by atoms with van der Waals surface area (Å²) in [4.78, 5) is 42.8. The average Bonchev–Trinajstić information content (AvgIpc) is 3.24. The van der Waals surface area contributed by atoms with E-state index >= 15 is 0 Å². The van der Waals surface area contributed by atoms with Crippen LogP contribution in [-0.2, 0) is 19.1 Å². The van der Waals surface area contributed by atoms with Gasteiger partial charge in [-0.1, -0.05) is 41.5 Å². The van der Waals surface area contributed by atoms with Crippen molar-refractivity contribution in [2.24, 2.45) is 29.1 Å². The monoisotopic (exact) mass is 496 g/mol. The van der Waals surface area contributed by atoms with E-state index in [4.69, 9.17) is 4.74 Å². The van der Waals surface area contributed by atoms with Crippen LogP contribution in [-0.4, -0.2) is 68.6 Å². The van der Waals surface area contributed by atoms with Crippen LogP contribution in [0.1, 0.15) is 75.2 Å². The first-order chi connectivity index (χ1) is 15.6. The maximum Gasteiger partial charge on any atom is 0.310 e. The Balaban J connectivity index is 2.08. The Morgan fingerprint density at radius 2 is 1.88 bits per heavy atom. The highest BCUT2D eigenvalue weighted by Gasteiger charge is 2.77. The van der Waals surface area contributed by atoms with Gasteiger partial charge in [-0.2, -0.15) is 0 Å². The first-order valence-corrected chi connectivity index (χ1v) is 13.6. The molecule has 0 radical (unpaired) electrons. The quantitative estimate of drug-likeness (QED) is 0.501. The molecular formula is C26H44N2O5S. The molecule has 3 unspecified atom stereocenters. The number of aliphatic hydroxyl groups excluding tert-OH is 1. The molecule has 3 fully saturated rings. The number of nitrogens with zero attached hydrogens (tertiary/aromatic N) is 1. The molecule has 7 atom stereocenters. The molecule has 0 aliphatic carbocycles. The molecule has 0 saturated carbocycles. The summed E-state index contributed by atoms with van der Waals surface area (Å²) in [6.07, 6.45) is 1.54. The van der Waals surface area contributed by atoms with Gasteiger partial charge in [0, 0.05) is 10.8 Å². The highest BCUT2D eigenvalue weighted by Crippen LogP contribution is 2.69. The molecule has 3 saturated heterocycles. The van der Waals surface area contributed by atoms with Crippen molar-refractivity contribution < 1.29 is 24.2 Å². The van der Waals surface area contributed by atoms with Gasteiger partial charge in [-0.15, -0.1) is 11.8 Å². The number of thioether (sulfide) groups is 1. The van der Waals surface area contributed by atoms with Gasteiger partial charge < -0.3 is 20.1 Å². The van der Waals surface area contributed by atoms with Gasteiger partial charge in [-0.05, 0) is 50.9 Å². The van der Waals surface area contributed by atoms with Crippen LogP contribution in [0.15, 0.2) is 0 Å². The summed E-state index contributed by atoms with van der Waals surface area (Å²) in [7, 11) is 0. The molecule has 3 aliphatic rings. The second-order valence-corrected chi connectivity index (χ2v) is 14.2. The fraction of sp³-hybridized carbons (Fsp3) is 0.885. The summed E-state index contributed by atoms with van der Waals surface area (Å²) < 4.78 is 4.69. The van der Waals surface area contributed by atoms with Crippen molar-refractivity contribution in [2.75, 3.05) is 13.2 Å². The SMILES string of the molecule is CCOC(=O)[C@@H]1[C@H]2C(=O)N([C@@H](CO)C(C)C)C(C(=O)NC(C)(C)CC(C)(C)C)C23S[C@@H]1CC3C. The van der Waals surface area contributed by atoms with Crippen molar-refractivity contribution >= 4 is 29.5 Å². The minimum atomic E-state index is -0.742. The zero-order valence-electron chi connectivity index (χ0n) is 22.3. The number of nitrogens with one attached hydrogen (secondary N) is 1. The van der Waals surface area contributed by atoms with Crippen LogP contribution in [0.5, 0.6) is 0 Å². The molecule has 3 aliphatic heterocycles. The summed E-state index contributed by atoms with van der Waals surface area (Å²) >= 11 is 1.64. The summed E-state index contributed by atoms with van der Waals surface area (Å²) in [5.41, 5.74) is -0.465. The summed E-state index contributed by atoms with van der Waals surface area (Å²) in [6, 6.07) is -1.24. The van der Waals surface area contributed by atoms with E-state index in [-0.39, 0.29) is 53.5 Å². The molecule has 3 heterocycles. The number of amides is 2. The second kappa shape index (κ2) is 9.30. The lowest BCUT2D eigenvalue weighted by Gasteiger charge is -2.43. The lowest BCUT2D eigenvalue weighted by atomic mass is 9.66. The molecule has 1 spiro atoms. The predicted octanol–water partition coefficient (Wildman–Crippen LogP) is 3.23. The number of fused-ring (bicyclic) bond motifs is 1. The van der Waals surface area contributed by atoms with E-state index in [9.17, 15) is 19.5 Å². The number of ether oxygens (including phenoxy) is 1. The molecule has 2 N–H and O–H groups in total. The van der Waals surface area contributed by atoms with Crippen LogP contribution in [0.25, 0.3) is 0 Å². The standard InChI is InChI=1S/C26H44N2O5S/c1-10-33-23(32)18-17-11-15(4)26(34-17)19(18)22(31)28(16(12-29)14(2)3)20(26)21(30)27-25(8,9)13-24(5,6)7/h14-20,29H,10-13H2,1-9H3,(H,27,30)/t15?,16-,17+,18-,19-,20?,26?/m0/s1. The third-order valence-electron chi connectivity index (χ3n) is 7.74. The van der Waals surface area contributed by atoms with E-state index in [0.717, 1.165) is 12.8 Å². The van der Waals surface area contributed by atoms with Gasteiger partial charge in [-0.25, -0.2) is 0 Å². The average molecular weight is 497 g/mol. The zero-order valence-corrected chi connectivity index (χ0v) is 23.1. The molecule has 0 aromatic carbocycles. The number of aliphatic hydroxyl groups is 1. The highest BCUT2D eigenvalue weighted by atomic mass is 32.2. The minimum absolute atomic E-state index is 0.0111.